The first-order chi connectivity index (χ1) is 8.59. The van der Waals surface area contributed by atoms with Crippen molar-refractivity contribution in [2.24, 2.45) is 0 Å². The number of aliphatic carboxylic acids is 1. The van der Waals surface area contributed by atoms with Gasteiger partial charge in [0.2, 0.25) is 0 Å². The second-order valence-corrected chi connectivity index (χ2v) is 5.20. The maximum Gasteiger partial charge on any atom is 0.325 e. The van der Waals surface area contributed by atoms with Gasteiger partial charge in [0.15, 0.2) is 0 Å². The molecule has 0 aromatic heterocycles. The van der Waals surface area contributed by atoms with E-state index in [0.717, 1.165) is 42.6 Å². The van der Waals surface area contributed by atoms with Gasteiger partial charge in [-0.2, -0.15) is 0 Å². The summed E-state index contributed by atoms with van der Waals surface area (Å²) in [6.45, 7) is 5.79. The number of likely N-dealkylation sites (tertiary alicyclic amines) is 1. The zero-order valence-electron chi connectivity index (χ0n) is 11.1. The fourth-order valence-electron chi connectivity index (χ4n) is 2.72. The van der Waals surface area contributed by atoms with Gasteiger partial charge in [-0.05, 0) is 50.9 Å². The summed E-state index contributed by atoms with van der Waals surface area (Å²) in [4.78, 5) is 13.7. The summed E-state index contributed by atoms with van der Waals surface area (Å²) >= 11 is 0. The van der Waals surface area contributed by atoms with Crippen molar-refractivity contribution in [1.29, 1.82) is 0 Å². The lowest BCUT2D eigenvalue weighted by Crippen LogP contribution is -2.38. The Kier molecular flexibility index (Phi) is 4.02. The van der Waals surface area contributed by atoms with Crippen LogP contribution in [0.15, 0.2) is 18.2 Å². The molecule has 1 saturated heterocycles. The highest BCUT2D eigenvalue weighted by atomic mass is 16.4. The van der Waals surface area contributed by atoms with Crippen molar-refractivity contribution in [1.82, 2.24) is 4.90 Å². The van der Waals surface area contributed by atoms with Crippen LogP contribution in [0.3, 0.4) is 0 Å². The van der Waals surface area contributed by atoms with Crippen molar-refractivity contribution in [3.63, 3.8) is 0 Å². The summed E-state index contributed by atoms with van der Waals surface area (Å²) in [5.41, 5.74) is 3.14. The standard InChI is InChI=1S/C15H21NO2/c1-11-6-7-12(2)13(10-11)14(15(17)18)16-8-4-3-5-9-16/h6-7,10,14H,3-5,8-9H2,1-2H3,(H,17,18). The summed E-state index contributed by atoms with van der Waals surface area (Å²) in [5.74, 6) is -0.731. The molecule has 1 aliphatic heterocycles. The lowest BCUT2D eigenvalue weighted by molar-refractivity contribution is -0.144. The number of hydrogen-bond acceptors (Lipinski definition) is 2. The van der Waals surface area contributed by atoms with E-state index in [1.807, 2.05) is 32.0 Å². The van der Waals surface area contributed by atoms with Gasteiger partial charge in [0.1, 0.15) is 6.04 Å². The zero-order valence-corrected chi connectivity index (χ0v) is 11.1. The molecule has 18 heavy (non-hydrogen) atoms. The van der Waals surface area contributed by atoms with Gasteiger partial charge in [0, 0.05) is 0 Å². The van der Waals surface area contributed by atoms with Crippen LogP contribution in [0.25, 0.3) is 0 Å². The predicted molar refractivity (Wildman–Crippen MR) is 71.7 cm³/mol. The highest BCUT2D eigenvalue weighted by Gasteiger charge is 2.29. The highest BCUT2D eigenvalue weighted by Crippen LogP contribution is 2.28. The number of benzene rings is 1. The van der Waals surface area contributed by atoms with Crippen LogP contribution in [0.4, 0.5) is 0 Å². The third kappa shape index (κ3) is 2.72. The van der Waals surface area contributed by atoms with Gasteiger partial charge in [-0.25, -0.2) is 0 Å². The van der Waals surface area contributed by atoms with Crippen molar-refractivity contribution in [3.8, 4) is 0 Å². The summed E-state index contributed by atoms with van der Waals surface area (Å²) < 4.78 is 0. The molecule has 0 radical (unpaired) electrons. The van der Waals surface area contributed by atoms with Crippen LogP contribution in [0.1, 0.15) is 42.0 Å². The van der Waals surface area contributed by atoms with Crippen LogP contribution in [0.2, 0.25) is 0 Å². The number of rotatable bonds is 3. The minimum atomic E-state index is -0.731. The molecule has 1 aromatic rings. The Morgan fingerprint density at radius 3 is 2.50 bits per heavy atom. The summed E-state index contributed by atoms with van der Waals surface area (Å²) in [6, 6.07) is 5.59. The van der Waals surface area contributed by atoms with E-state index in [2.05, 4.69) is 4.90 Å². The smallest absolute Gasteiger partial charge is 0.325 e. The normalized spacial score (nSPS) is 18.6. The molecular weight excluding hydrogens is 226 g/mol. The molecule has 1 fully saturated rings. The second-order valence-electron chi connectivity index (χ2n) is 5.20. The van der Waals surface area contributed by atoms with Crippen LogP contribution >= 0.6 is 0 Å². The van der Waals surface area contributed by atoms with E-state index in [4.69, 9.17) is 0 Å². The van der Waals surface area contributed by atoms with E-state index < -0.39 is 12.0 Å². The Labute approximate surface area is 108 Å². The van der Waals surface area contributed by atoms with Gasteiger partial charge in [-0.3, -0.25) is 9.69 Å². The Morgan fingerprint density at radius 2 is 1.89 bits per heavy atom. The molecule has 1 aliphatic rings. The predicted octanol–water partition coefficient (Wildman–Crippen LogP) is 2.92. The Hall–Kier alpha value is -1.35. The molecule has 1 N–H and O–H groups in total. The minimum Gasteiger partial charge on any atom is -0.480 e. The molecule has 1 heterocycles. The SMILES string of the molecule is Cc1ccc(C)c(C(C(=O)O)N2CCCCC2)c1. The van der Waals surface area contributed by atoms with E-state index in [-0.39, 0.29) is 0 Å². The van der Waals surface area contributed by atoms with Crippen LogP contribution in [-0.4, -0.2) is 29.1 Å². The Morgan fingerprint density at radius 1 is 1.22 bits per heavy atom. The summed E-state index contributed by atoms with van der Waals surface area (Å²) in [5, 5.41) is 9.55. The average molecular weight is 247 g/mol. The number of hydrogen-bond donors (Lipinski definition) is 1. The maximum absolute atomic E-state index is 11.6. The lowest BCUT2D eigenvalue weighted by Gasteiger charge is -2.33. The molecule has 0 amide bonds. The van der Waals surface area contributed by atoms with E-state index in [1.54, 1.807) is 0 Å². The average Bonchev–Trinajstić information content (AvgIpc) is 2.35. The fraction of sp³-hybridized carbons (Fsp3) is 0.533. The molecule has 1 unspecified atom stereocenters. The van der Waals surface area contributed by atoms with Crippen molar-refractivity contribution in [2.45, 2.75) is 39.2 Å². The molecule has 98 valence electrons. The molecule has 3 heteroatoms. The van der Waals surface area contributed by atoms with E-state index in [9.17, 15) is 9.90 Å². The highest BCUT2D eigenvalue weighted by molar-refractivity contribution is 5.76. The first-order valence-corrected chi connectivity index (χ1v) is 6.63. The van der Waals surface area contributed by atoms with Gasteiger partial charge < -0.3 is 5.11 Å². The lowest BCUT2D eigenvalue weighted by atomic mass is 9.96. The quantitative estimate of drug-likeness (QED) is 0.892. The van der Waals surface area contributed by atoms with Crippen LogP contribution < -0.4 is 0 Å². The van der Waals surface area contributed by atoms with Gasteiger partial charge in [0.25, 0.3) is 0 Å². The molecule has 0 spiro atoms. The maximum atomic E-state index is 11.6. The first-order valence-electron chi connectivity index (χ1n) is 6.63. The number of nitrogens with zero attached hydrogens (tertiary/aromatic N) is 1. The van der Waals surface area contributed by atoms with Crippen LogP contribution in [0.5, 0.6) is 0 Å². The van der Waals surface area contributed by atoms with E-state index in [0.29, 0.717) is 0 Å². The molecule has 2 rings (SSSR count). The fourth-order valence-corrected chi connectivity index (χ4v) is 2.72. The van der Waals surface area contributed by atoms with E-state index in [1.165, 1.54) is 6.42 Å². The van der Waals surface area contributed by atoms with Crippen molar-refractivity contribution in [2.75, 3.05) is 13.1 Å². The minimum absolute atomic E-state index is 0.481. The summed E-state index contributed by atoms with van der Waals surface area (Å²) in [7, 11) is 0. The second kappa shape index (κ2) is 5.53. The van der Waals surface area contributed by atoms with E-state index >= 15 is 0 Å². The Balaban J connectivity index is 2.34. The molecule has 0 saturated carbocycles. The molecule has 0 bridgehead atoms. The number of piperidine rings is 1. The van der Waals surface area contributed by atoms with Crippen LogP contribution in [-0.2, 0) is 4.79 Å². The molecular formula is C15H21NO2. The molecule has 1 atom stereocenters. The largest absolute Gasteiger partial charge is 0.480 e. The van der Waals surface area contributed by atoms with Crippen molar-refractivity contribution >= 4 is 5.97 Å². The third-order valence-corrected chi connectivity index (χ3v) is 3.72. The van der Waals surface area contributed by atoms with Gasteiger partial charge in [-0.15, -0.1) is 0 Å². The number of carboxylic acids is 1. The topological polar surface area (TPSA) is 40.5 Å². The molecule has 1 aromatic carbocycles. The Bertz CT molecular complexity index is 436. The number of aryl methyl sites for hydroxylation is 2. The third-order valence-electron chi connectivity index (χ3n) is 3.72. The number of carbonyl (C=O) groups is 1. The van der Waals surface area contributed by atoms with Crippen molar-refractivity contribution in [3.05, 3.63) is 34.9 Å². The zero-order chi connectivity index (χ0) is 13.1. The molecule has 3 nitrogen and oxygen atoms in total. The van der Waals surface area contributed by atoms with Gasteiger partial charge >= 0.3 is 5.97 Å². The van der Waals surface area contributed by atoms with Crippen LogP contribution in [0, 0.1) is 13.8 Å². The molecule has 0 aliphatic carbocycles. The number of carboxylic acid groups (broad SMARTS) is 1. The van der Waals surface area contributed by atoms with Crippen molar-refractivity contribution < 1.29 is 9.90 Å². The van der Waals surface area contributed by atoms with Gasteiger partial charge in [-0.1, -0.05) is 30.2 Å². The first kappa shape index (κ1) is 13.1. The summed E-state index contributed by atoms with van der Waals surface area (Å²) in [6.07, 6.45) is 3.43. The monoisotopic (exact) mass is 247 g/mol. The van der Waals surface area contributed by atoms with Gasteiger partial charge in [0.05, 0.1) is 0 Å².